The van der Waals surface area contributed by atoms with Crippen LogP contribution in [0.4, 0.5) is 0 Å². The molecule has 3 heteroatoms. The summed E-state index contributed by atoms with van der Waals surface area (Å²) in [4.78, 5) is 4.58. The third-order valence-corrected chi connectivity index (χ3v) is 4.65. The summed E-state index contributed by atoms with van der Waals surface area (Å²) in [6.07, 6.45) is 6.57. The van der Waals surface area contributed by atoms with Crippen molar-refractivity contribution in [1.29, 1.82) is 0 Å². The molecule has 1 saturated carbocycles. The number of hydrogen-bond donors (Lipinski definition) is 2. The Balaban J connectivity index is 2.19. The van der Waals surface area contributed by atoms with Crippen molar-refractivity contribution in [3.63, 3.8) is 0 Å². The third-order valence-electron chi connectivity index (χ3n) is 4.65. The van der Waals surface area contributed by atoms with Gasteiger partial charge in [-0.2, -0.15) is 0 Å². The van der Waals surface area contributed by atoms with Crippen molar-refractivity contribution >= 4 is 0 Å². The molecule has 1 fully saturated rings. The zero-order valence-electron chi connectivity index (χ0n) is 12.4. The first kappa shape index (κ1) is 14.5. The molecule has 1 heterocycles. The van der Waals surface area contributed by atoms with Crippen molar-refractivity contribution < 1.29 is 0 Å². The third kappa shape index (κ3) is 3.34. The van der Waals surface area contributed by atoms with E-state index in [1.807, 2.05) is 6.92 Å². The SMILES string of the molecule is CCC1CCCC(C(NN)c2ccc(C)nc2C)C1. The molecule has 3 atom stereocenters. The van der Waals surface area contributed by atoms with E-state index in [1.54, 1.807) is 0 Å². The number of pyridine rings is 1. The average molecular weight is 261 g/mol. The number of nitrogens with two attached hydrogens (primary N) is 1. The van der Waals surface area contributed by atoms with Gasteiger partial charge in [0.2, 0.25) is 0 Å². The minimum Gasteiger partial charge on any atom is -0.271 e. The Bertz CT molecular complexity index is 416. The van der Waals surface area contributed by atoms with Crippen molar-refractivity contribution in [3.8, 4) is 0 Å². The molecule has 0 aromatic carbocycles. The number of rotatable bonds is 4. The summed E-state index contributed by atoms with van der Waals surface area (Å²) < 4.78 is 0. The van der Waals surface area contributed by atoms with Gasteiger partial charge in [0.25, 0.3) is 0 Å². The Kier molecular flexibility index (Phi) is 4.94. The molecule has 106 valence electrons. The van der Waals surface area contributed by atoms with Gasteiger partial charge in [-0.15, -0.1) is 0 Å². The monoisotopic (exact) mass is 261 g/mol. The molecule has 0 saturated heterocycles. The number of aryl methyl sites for hydroxylation is 2. The van der Waals surface area contributed by atoms with Gasteiger partial charge >= 0.3 is 0 Å². The molecule has 2 rings (SSSR count). The number of nitrogens with zero attached hydrogens (tertiary/aromatic N) is 1. The van der Waals surface area contributed by atoms with Gasteiger partial charge in [-0.25, -0.2) is 0 Å². The van der Waals surface area contributed by atoms with Gasteiger partial charge < -0.3 is 0 Å². The summed E-state index contributed by atoms with van der Waals surface area (Å²) in [5, 5.41) is 0. The average Bonchev–Trinajstić information content (AvgIpc) is 2.42. The molecule has 0 radical (unpaired) electrons. The fourth-order valence-corrected chi connectivity index (χ4v) is 3.51. The van der Waals surface area contributed by atoms with Crippen LogP contribution in [0, 0.1) is 25.7 Å². The van der Waals surface area contributed by atoms with E-state index in [9.17, 15) is 0 Å². The van der Waals surface area contributed by atoms with E-state index >= 15 is 0 Å². The number of aromatic nitrogens is 1. The molecule has 0 amide bonds. The van der Waals surface area contributed by atoms with Crippen molar-refractivity contribution in [1.82, 2.24) is 10.4 Å². The second kappa shape index (κ2) is 6.49. The Hall–Kier alpha value is -0.930. The lowest BCUT2D eigenvalue weighted by Crippen LogP contribution is -2.36. The van der Waals surface area contributed by atoms with Gasteiger partial charge in [-0.05, 0) is 50.2 Å². The topological polar surface area (TPSA) is 50.9 Å². The van der Waals surface area contributed by atoms with Gasteiger partial charge in [0.15, 0.2) is 0 Å². The second-order valence-electron chi connectivity index (χ2n) is 5.97. The van der Waals surface area contributed by atoms with Gasteiger partial charge in [-0.1, -0.05) is 32.3 Å². The summed E-state index contributed by atoms with van der Waals surface area (Å²) in [5.74, 6) is 7.37. The van der Waals surface area contributed by atoms with E-state index in [1.165, 1.54) is 37.7 Å². The van der Waals surface area contributed by atoms with Crippen LogP contribution in [0.5, 0.6) is 0 Å². The first-order chi connectivity index (χ1) is 9.15. The maximum atomic E-state index is 5.85. The first-order valence-corrected chi connectivity index (χ1v) is 7.56. The Morgan fingerprint density at radius 3 is 2.79 bits per heavy atom. The van der Waals surface area contributed by atoms with Crippen LogP contribution in [0.15, 0.2) is 12.1 Å². The normalized spacial score (nSPS) is 25.3. The van der Waals surface area contributed by atoms with E-state index in [0.717, 1.165) is 17.3 Å². The summed E-state index contributed by atoms with van der Waals surface area (Å²) >= 11 is 0. The fraction of sp³-hybridized carbons (Fsp3) is 0.688. The molecule has 3 nitrogen and oxygen atoms in total. The molecule has 1 aromatic rings. The molecular weight excluding hydrogens is 234 g/mol. The van der Waals surface area contributed by atoms with E-state index in [0.29, 0.717) is 5.92 Å². The lowest BCUT2D eigenvalue weighted by molar-refractivity contribution is 0.209. The van der Waals surface area contributed by atoms with Gasteiger partial charge in [0, 0.05) is 11.4 Å². The van der Waals surface area contributed by atoms with Crippen LogP contribution in [-0.2, 0) is 0 Å². The highest BCUT2D eigenvalue weighted by Gasteiger charge is 2.29. The Labute approximate surface area is 117 Å². The smallest absolute Gasteiger partial charge is 0.0506 e. The highest BCUT2D eigenvalue weighted by atomic mass is 15.2. The van der Waals surface area contributed by atoms with Gasteiger partial charge in [0.1, 0.15) is 0 Å². The molecule has 3 unspecified atom stereocenters. The zero-order chi connectivity index (χ0) is 13.8. The molecule has 19 heavy (non-hydrogen) atoms. The van der Waals surface area contributed by atoms with Crippen LogP contribution >= 0.6 is 0 Å². The highest BCUT2D eigenvalue weighted by Crippen LogP contribution is 2.38. The molecule has 3 N–H and O–H groups in total. The lowest BCUT2D eigenvalue weighted by atomic mass is 9.75. The largest absolute Gasteiger partial charge is 0.271 e. The molecule has 0 bridgehead atoms. The van der Waals surface area contributed by atoms with E-state index in [4.69, 9.17) is 5.84 Å². The quantitative estimate of drug-likeness (QED) is 0.645. The van der Waals surface area contributed by atoms with E-state index in [2.05, 4.69) is 36.4 Å². The predicted octanol–water partition coefficient (Wildman–Crippen LogP) is 3.42. The molecule has 1 aromatic heterocycles. The lowest BCUT2D eigenvalue weighted by Gasteiger charge is -2.34. The minimum absolute atomic E-state index is 0.252. The Morgan fingerprint density at radius 2 is 2.16 bits per heavy atom. The summed E-state index contributed by atoms with van der Waals surface area (Å²) in [6.45, 7) is 6.43. The van der Waals surface area contributed by atoms with E-state index < -0.39 is 0 Å². The van der Waals surface area contributed by atoms with Crippen LogP contribution in [0.25, 0.3) is 0 Å². The van der Waals surface area contributed by atoms with Crippen LogP contribution in [0.3, 0.4) is 0 Å². The van der Waals surface area contributed by atoms with Crippen molar-refractivity contribution in [3.05, 3.63) is 29.1 Å². The summed E-state index contributed by atoms with van der Waals surface area (Å²) in [6, 6.07) is 4.53. The number of hydrazine groups is 1. The zero-order valence-corrected chi connectivity index (χ0v) is 12.4. The standard InChI is InChI=1S/C16H27N3/c1-4-13-6-5-7-14(10-13)16(19-17)15-9-8-11(2)18-12(15)3/h8-9,13-14,16,19H,4-7,10,17H2,1-3H3. The van der Waals surface area contributed by atoms with Crippen molar-refractivity contribution in [2.24, 2.45) is 17.7 Å². The molecule has 1 aliphatic carbocycles. The molecular formula is C16H27N3. The fourth-order valence-electron chi connectivity index (χ4n) is 3.51. The predicted molar refractivity (Wildman–Crippen MR) is 79.5 cm³/mol. The maximum absolute atomic E-state index is 5.85. The van der Waals surface area contributed by atoms with Crippen LogP contribution in [0.2, 0.25) is 0 Å². The number of hydrogen-bond acceptors (Lipinski definition) is 3. The van der Waals surface area contributed by atoms with Crippen molar-refractivity contribution in [2.75, 3.05) is 0 Å². The van der Waals surface area contributed by atoms with Crippen LogP contribution in [-0.4, -0.2) is 4.98 Å². The maximum Gasteiger partial charge on any atom is 0.0506 e. The first-order valence-electron chi connectivity index (χ1n) is 7.56. The molecule has 0 spiro atoms. The molecule has 0 aliphatic heterocycles. The minimum atomic E-state index is 0.252. The Morgan fingerprint density at radius 1 is 1.37 bits per heavy atom. The summed E-state index contributed by atoms with van der Waals surface area (Å²) in [5.41, 5.74) is 6.51. The van der Waals surface area contributed by atoms with Crippen molar-refractivity contribution in [2.45, 2.75) is 58.9 Å². The highest BCUT2D eigenvalue weighted by molar-refractivity contribution is 5.25. The van der Waals surface area contributed by atoms with E-state index in [-0.39, 0.29) is 6.04 Å². The molecule has 1 aliphatic rings. The number of nitrogens with one attached hydrogen (secondary N) is 1. The summed E-state index contributed by atoms with van der Waals surface area (Å²) in [7, 11) is 0. The van der Waals surface area contributed by atoms with Gasteiger partial charge in [-0.3, -0.25) is 16.3 Å². The van der Waals surface area contributed by atoms with Crippen LogP contribution < -0.4 is 11.3 Å². The van der Waals surface area contributed by atoms with Gasteiger partial charge in [0.05, 0.1) is 6.04 Å². The van der Waals surface area contributed by atoms with Crippen LogP contribution in [0.1, 0.15) is 62.0 Å². The second-order valence-corrected chi connectivity index (χ2v) is 5.97.